The van der Waals surface area contributed by atoms with Gasteiger partial charge in [0.15, 0.2) is 14.1 Å². The predicted octanol–water partition coefficient (Wildman–Crippen LogP) is 2.73. The molecule has 10 nitrogen and oxygen atoms in total. The lowest BCUT2D eigenvalue weighted by atomic mass is 9.79. The number of nitrogens with zero attached hydrogens (tertiary/aromatic N) is 3. The highest BCUT2D eigenvalue weighted by molar-refractivity contribution is 6.74. The number of imidazole rings is 1. The van der Waals surface area contributed by atoms with Crippen molar-refractivity contribution >= 4 is 37.0 Å². The second kappa shape index (κ2) is 10.6. The van der Waals surface area contributed by atoms with Crippen molar-refractivity contribution in [2.24, 2.45) is 20.0 Å². The number of benzene rings is 1. The van der Waals surface area contributed by atoms with E-state index in [0.717, 1.165) is 4.90 Å². The van der Waals surface area contributed by atoms with E-state index in [-0.39, 0.29) is 29.5 Å². The number of hydrogen-bond acceptors (Lipinski definition) is 7. The first kappa shape index (κ1) is 29.5. The summed E-state index contributed by atoms with van der Waals surface area (Å²) in [6.07, 6.45) is -1.17. The van der Waals surface area contributed by atoms with Crippen LogP contribution in [0.15, 0.2) is 35.6 Å². The number of rotatable bonds is 10. The molecule has 0 spiro atoms. The number of carbonyl (C=O) groups is 3. The molecule has 1 aliphatic heterocycles. The van der Waals surface area contributed by atoms with Gasteiger partial charge in [0.1, 0.15) is 6.61 Å². The van der Waals surface area contributed by atoms with Gasteiger partial charge in [-0.15, -0.1) is 0 Å². The van der Waals surface area contributed by atoms with E-state index in [2.05, 4.69) is 40.4 Å². The molecule has 0 aliphatic carbocycles. The SMILES string of the molecule is C=CCOC(=O)C(O)N1C(=O)[C@H]([C@@H](C)O[Si](C)(C)C(C)(C)C)[C@H]1CC(=O)c1ccc2c(c1)n(C)c(=O)n2C. The zero-order valence-electron chi connectivity index (χ0n) is 23.5. The smallest absolute Gasteiger partial charge is 0.356 e. The number of ketones is 1. The summed E-state index contributed by atoms with van der Waals surface area (Å²) in [6.45, 7) is 15.6. The number of Topliss-reactive ketones (excluding diaryl/α,β-unsaturated/α-hetero) is 1. The number of aromatic nitrogens is 2. The Labute approximate surface area is 223 Å². The summed E-state index contributed by atoms with van der Waals surface area (Å²) < 4.78 is 14.4. The number of esters is 1. The summed E-state index contributed by atoms with van der Waals surface area (Å²) in [5.74, 6) is -2.48. The van der Waals surface area contributed by atoms with Crippen molar-refractivity contribution in [1.82, 2.24) is 14.0 Å². The Morgan fingerprint density at radius 2 is 1.76 bits per heavy atom. The minimum absolute atomic E-state index is 0.103. The number of aliphatic hydroxyl groups excluding tert-OH is 1. The topological polar surface area (TPSA) is 120 Å². The molecule has 4 atom stereocenters. The van der Waals surface area contributed by atoms with Crippen molar-refractivity contribution in [1.29, 1.82) is 0 Å². The van der Waals surface area contributed by atoms with Gasteiger partial charge in [-0.1, -0.05) is 33.4 Å². The molecule has 1 N–H and O–H groups in total. The second-order valence-corrected chi connectivity index (χ2v) is 16.2. The molecular formula is C27H39N3O7Si. The molecule has 1 aromatic carbocycles. The number of likely N-dealkylation sites (tertiary alicyclic amines) is 1. The first-order valence-electron chi connectivity index (χ1n) is 12.7. The Balaban J connectivity index is 1.92. The Morgan fingerprint density at radius 3 is 2.34 bits per heavy atom. The summed E-state index contributed by atoms with van der Waals surface area (Å²) in [7, 11) is 1.03. The van der Waals surface area contributed by atoms with Gasteiger partial charge in [-0.2, -0.15) is 0 Å². The molecule has 38 heavy (non-hydrogen) atoms. The summed E-state index contributed by atoms with van der Waals surface area (Å²) in [5, 5.41) is 10.6. The minimum atomic E-state index is -2.26. The van der Waals surface area contributed by atoms with E-state index in [1.54, 1.807) is 39.2 Å². The fourth-order valence-electron chi connectivity index (χ4n) is 4.66. The van der Waals surface area contributed by atoms with E-state index in [4.69, 9.17) is 9.16 Å². The van der Waals surface area contributed by atoms with Gasteiger partial charge in [-0.3, -0.25) is 18.7 Å². The van der Waals surface area contributed by atoms with E-state index in [0.29, 0.717) is 16.6 Å². The third kappa shape index (κ3) is 5.27. The lowest BCUT2D eigenvalue weighted by molar-refractivity contribution is -0.195. The van der Waals surface area contributed by atoms with Crippen molar-refractivity contribution in [2.45, 2.75) is 70.6 Å². The van der Waals surface area contributed by atoms with Crippen LogP contribution in [0.2, 0.25) is 18.1 Å². The van der Waals surface area contributed by atoms with Crippen LogP contribution in [0.4, 0.5) is 0 Å². The molecule has 0 radical (unpaired) electrons. The van der Waals surface area contributed by atoms with Gasteiger partial charge in [-0.05, 0) is 43.3 Å². The highest BCUT2D eigenvalue weighted by Gasteiger charge is 2.56. The lowest BCUT2D eigenvalue weighted by Crippen LogP contribution is -2.70. The van der Waals surface area contributed by atoms with Crippen molar-refractivity contribution in [3.05, 3.63) is 46.9 Å². The predicted molar refractivity (Wildman–Crippen MR) is 146 cm³/mol. The number of amides is 1. The zero-order valence-corrected chi connectivity index (χ0v) is 24.5. The summed E-state index contributed by atoms with van der Waals surface area (Å²) in [5.41, 5.74) is 1.44. The molecule has 3 rings (SSSR count). The van der Waals surface area contributed by atoms with Crippen molar-refractivity contribution in [3.8, 4) is 0 Å². The number of fused-ring (bicyclic) bond motifs is 1. The Kier molecular flexibility index (Phi) is 8.26. The first-order chi connectivity index (χ1) is 17.5. The van der Waals surface area contributed by atoms with Crippen LogP contribution in [0.1, 0.15) is 44.5 Å². The molecule has 1 fully saturated rings. The normalized spacial score (nSPS) is 19.7. The lowest BCUT2D eigenvalue weighted by Gasteiger charge is -2.52. The molecule has 208 valence electrons. The van der Waals surface area contributed by atoms with E-state index in [9.17, 15) is 24.3 Å². The number of hydrogen-bond donors (Lipinski definition) is 1. The van der Waals surface area contributed by atoms with Gasteiger partial charge in [0, 0.05) is 26.1 Å². The van der Waals surface area contributed by atoms with Crippen LogP contribution < -0.4 is 5.69 Å². The molecular weight excluding hydrogens is 506 g/mol. The molecule has 2 heterocycles. The van der Waals surface area contributed by atoms with E-state index in [1.165, 1.54) is 15.2 Å². The number of carbonyl (C=O) groups excluding carboxylic acids is 3. The van der Waals surface area contributed by atoms with Crippen LogP contribution in [-0.2, 0) is 32.8 Å². The quantitative estimate of drug-likeness (QED) is 0.160. The standard InChI is InChI=1S/C27H39N3O7Si/c1-10-13-36-25(34)24(33)30-20(22(23(30)32)16(2)37-38(8,9)27(3,4)5)15-21(31)17-11-12-18-19(14-17)29(7)26(35)28(18)6/h10-12,14,16,20,22,24,33H,1,13,15H2,2-9H3/t16-,20-,22-,24?/m1/s1. The summed E-state index contributed by atoms with van der Waals surface area (Å²) in [4.78, 5) is 52.4. The average molecular weight is 546 g/mol. The molecule has 2 aromatic rings. The van der Waals surface area contributed by atoms with Crippen molar-refractivity contribution in [2.75, 3.05) is 6.61 Å². The number of β-lactam (4-membered cyclic amide) rings is 1. The molecule has 0 bridgehead atoms. The van der Waals surface area contributed by atoms with Gasteiger partial charge in [0.2, 0.25) is 12.1 Å². The first-order valence-corrected chi connectivity index (χ1v) is 15.6. The maximum atomic E-state index is 13.4. The molecule has 1 aromatic heterocycles. The minimum Gasteiger partial charge on any atom is -0.458 e. The van der Waals surface area contributed by atoms with Gasteiger partial charge in [-0.25, -0.2) is 9.59 Å². The number of ether oxygens (including phenoxy) is 1. The fraction of sp³-hybridized carbons (Fsp3) is 0.556. The van der Waals surface area contributed by atoms with Crippen LogP contribution in [0.25, 0.3) is 11.0 Å². The van der Waals surface area contributed by atoms with Crippen molar-refractivity contribution in [3.63, 3.8) is 0 Å². The molecule has 1 amide bonds. The monoisotopic (exact) mass is 545 g/mol. The molecule has 0 saturated carbocycles. The van der Waals surface area contributed by atoms with Crippen molar-refractivity contribution < 1.29 is 28.7 Å². The van der Waals surface area contributed by atoms with Gasteiger partial charge in [0.05, 0.1) is 29.1 Å². The van der Waals surface area contributed by atoms with Gasteiger partial charge >= 0.3 is 11.7 Å². The Bertz CT molecular complexity index is 1320. The van der Waals surface area contributed by atoms with E-state index < -0.39 is 44.5 Å². The third-order valence-corrected chi connectivity index (χ3v) is 12.5. The maximum Gasteiger partial charge on any atom is 0.356 e. The molecule has 1 unspecified atom stereocenters. The highest BCUT2D eigenvalue weighted by atomic mass is 28.4. The van der Waals surface area contributed by atoms with Crippen LogP contribution in [0, 0.1) is 5.92 Å². The largest absolute Gasteiger partial charge is 0.458 e. The summed E-state index contributed by atoms with van der Waals surface area (Å²) in [6, 6.07) is 4.20. The van der Waals surface area contributed by atoms with Crippen LogP contribution in [0.5, 0.6) is 0 Å². The van der Waals surface area contributed by atoms with Gasteiger partial charge in [0.25, 0.3) is 0 Å². The van der Waals surface area contributed by atoms with Crippen LogP contribution in [-0.4, -0.2) is 70.1 Å². The van der Waals surface area contributed by atoms with E-state index in [1.807, 2.05) is 0 Å². The average Bonchev–Trinajstić information content (AvgIpc) is 3.04. The Morgan fingerprint density at radius 1 is 1.16 bits per heavy atom. The maximum absolute atomic E-state index is 13.4. The fourth-order valence-corrected chi connectivity index (χ4v) is 6.09. The number of aliphatic hydroxyl groups is 1. The molecule has 1 saturated heterocycles. The third-order valence-electron chi connectivity index (χ3n) is 7.91. The summed E-state index contributed by atoms with van der Waals surface area (Å²) >= 11 is 0. The Hall–Kier alpha value is -3.02. The number of aryl methyl sites for hydroxylation is 2. The highest BCUT2D eigenvalue weighted by Crippen LogP contribution is 2.41. The second-order valence-electron chi connectivity index (χ2n) is 11.4. The van der Waals surface area contributed by atoms with Gasteiger partial charge < -0.3 is 19.2 Å². The molecule has 11 heteroatoms. The molecule has 1 aliphatic rings. The van der Waals surface area contributed by atoms with Crippen LogP contribution in [0.3, 0.4) is 0 Å². The zero-order chi connectivity index (χ0) is 28.7. The van der Waals surface area contributed by atoms with E-state index >= 15 is 0 Å². The van der Waals surface area contributed by atoms with Crippen LogP contribution >= 0.6 is 0 Å².